The van der Waals surface area contributed by atoms with Crippen LogP contribution >= 0.6 is 0 Å². The predicted octanol–water partition coefficient (Wildman–Crippen LogP) is 0.844. The number of rotatable bonds is 4. The fourth-order valence-corrected chi connectivity index (χ4v) is 2.22. The van der Waals surface area contributed by atoms with Gasteiger partial charge in [0, 0.05) is 19.0 Å². The number of hydrogen-bond donors (Lipinski definition) is 3. The summed E-state index contributed by atoms with van der Waals surface area (Å²) in [7, 11) is 0. The summed E-state index contributed by atoms with van der Waals surface area (Å²) >= 11 is 0. The third-order valence-electron chi connectivity index (χ3n) is 3.01. The second kappa shape index (κ2) is 4.53. The third kappa shape index (κ3) is 2.17. The minimum atomic E-state index is -0.290. The number of nitrogens with two attached hydrogens (primary N) is 1. The van der Waals surface area contributed by atoms with Crippen LogP contribution in [0, 0.1) is 0 Å². The molecule has 0 radical (unpaired) electrons. The number of aromatic hydroxyl groups is 1. The summed E-state index contributed by atoms with van der Waals surface area (Å²) in [5.41, 5.74) is 7.25. The molecule has 0 heterocycles. The van der Waals surface area contributed by atoms with Gasteiger partial charge in [-0.1, -0.05) is 12.1 Å². The van der Waals surface area contributed by atoms with E-state index in [1.807, 2.05) is 12.1 Å². The van der Waals surface area contributed by atoms with Crippen molar-refractivity contribution < 1.29 is 9.90 Å². The summed E-state index contributed by atoms with van der Waals surface area (Å²) in [6.45, 7) is 0.592. The van der Waals surface area contributed by atoms with Crippen LogP contribution in [0.2, 0.25) is 0 Å². The summed E-state index contributed by atoms with van der Waals surface area (Å²) in [6, 6.07) is 5.82. The number of phenols is 1. The van der Waals surface area contributed by atoms with Gasteiger partial charge in [0.1, 0.15) is 5.75 Å². The topological polar surface area (TPSA) is 75.4 Å². The fraction of sp³-hybridized carbons (Fsp3) is 0.417. The first kappa shape index (κ1) is 11.0. The Bertz CT molecular complexity index is 404. The van der Waals surface area contributed by atoms with E-state index in [1.165, 1.54) is 0 Å². The SMILES string of the molecule is NC(=O)CCNC1CCc2c(O)cccc21. The van der Waals surface area contributed by atoms with Gasteiger partial charge in [-0.2, -0.15) is 0 Å². The molecule has 1 aliphatic carbocycles. The average Bonchev–Trinajstić information content (AvgIpc) is 2.63. The van der Waals surface area contributed by atoms with Gasteiger partial charge in [0.2, 0.25) is 5.91 Å². The van der Waals surface area contributed by atoms with Crippen molar-refractivity contribution in [3.8, 4) is 5.75 Å². The maximum absolute atomic E-state index is 10.6. The van der Waals surface area contributed by atoms with E-state index in [2.05, 4.69) is 5.32 Å². The van der Waals surface area contributed by atoms with Crippen LogP contribution in [-0.4, -0.2) is 17.6 Å². The second-order valence-corrected chi connectivity index (χ2v) is 4.11. The van der Waals surface area contributed by atoms with Crippen LogP contribution < -0.4 is 11.1 Å². The molecular weight excluding hydrogens is 204 g/mol. The zero-order chi connectivity index (χ0) is 11.5. The summed E-state index contributed by atoms with van der Waals surface area (Å²) in [6.07, 6.45) is 2.20. The second-order valence-electron chi connectivity index (χ2n) is 4.11. The molecule has 1 aliphatic rings. The number of primary amides is 1. The highest BCUT2D eigenvalue weighted by molar-refractivity contribution is 5.73. The van der Waals surface area contributed by atoms with Gasteiger partial charge in [0.15, 0.2) is 0 Å². The maximum Gasteiger partial charge on any atom is 0.218 e. The first-order valence-corrected chi connectivity index (χ1v) is 5.51. The zero-order valence-corrected chi connectivity index (χ0v) is 9.07. The van der Waals surface area contributed by atoms with Crippen LogP contribution in [0.3, 0.4) is 0 Å². The molecular formula is C12H16N2O2. The summed E-state index contributed by atoms with van der Waals surface area (Å²) in [5, 5.41) is 12.9. The first-order valence-electron chi connectivity index (χ1n) is 5.51. The fourth-order valence-electron chi connectivity index (χ4n) is 2.22. The van der Waals surface area contributed by atoms with Crippen LogP contribution in [-0.2, 0) is 11.2 Å². The molecule has 4 heteroatoms. The molecule has 86 valence electrons. The van der Waals surface area contributed by atoms with Crippen molar-refractivity contribution in [1.29, 1.82) is 0 Å². The van der Waals surface area contributed by atoms with Crippen molar-refractivity contribution in [2.45, 2.75) is 25.3 Å². The molecule has 1 amide bonds. The Morgan fingerprint density at radius 3 is 3.12 bits per heavy atom. The molecule has 1 aromatic carbocycles. The number of amides is 1. The molecule has 0 saturated carbocycles. The number of hydrogen-bond acceptors (Lipinski definition) is 3. The van der Waals surface area contributed by atoms with Crippen molar-refractivity contribution in [3.63, 3.8) is 0 Å². The largest absolute Gasteiger partial charge is 0.508 e. The molecule has 0 saturated heterocycles. The van der Waals surface area contributed by atoms with Gasteiger partial charge in [-0.3, -0.25) is 4.79 Å². The Labute approximate surface area is 94.5 Å². The summed E-state index contributed by atoms with van der Waals surface area (Å²) in [5.74, 6) is 0.0818. The number of carbonyl (C=O) groups excluding carboxylic acids is 1. The van der Waals surface area contributed by atoms with E-state index in [0.717, 1.165) is 24.0 Å². The maximum atomic E-state index is 10.6. The lowest BCUT2D eigenvalue weighted by Crippen LogP contribution is -2.24. The van der Waals surface area contributed by atoms with Crippen molar-refractivity contribution in [2.75, 3.05) is 6.54 Å². The monoisotopic (exact) mass is 220 g/mol. The van der Waals surface area contributed by atoms with Gasteiger partial charge in [0.25, 0.3) is 0 Å². The lowest BCUT2D eigenvalue weighted by Gasteiger charge is -2.13. The predicted molar refractivity (Wildman–Crippen MR) is 61.0 cm³/mol. The Morgan fingerprint density at radius 1 is 1.56 bits per heavy atom. The minimum absolute atomic E-state index is 0.237. The number of benzene rings is 1. The molecule has 0 aromatic heterocycles. The van der Waals surface area contributed by atoms with E-state index >= 15 is 0 Å². The standard InChI is InChI=1S/C12H16N2O2/c13-12(16)6-7-14-10-5-4-9-8(10)2-1-3-11(9)15/h1-3,10,14-15H,4-7H2,(H2,13,16). The van der Waals surface area contributed by atoms with Crippen molar-refractivity contribution in [3.05, 3.63) is 29.3 Å². The van der Waals surface area contributed by atoms with Crippen LogP contribution in [0.25, 0.3) is 0 Å². The highest BCUT2D eigenvalue weighted by atomic mass is 16.3. The van der Waals surface area contributed by atoms with E-state index in [-0.39, 0.29) is 11.9 Å². The highest BCUT2D eigenvalue weighted by Crippen LogP contribution is 2.35. The lowest BCUT2D eigenvalue weighted by atomic mass is 10.1. The molecule has 1 atom stereocenters. The van der Waals surface area contributed by atoms with E-state index in [0.29, 0.717) is 18.7 Å². The highest BCUT2D eigenvalue weighted by Gasteiger charge is 2.23. The minimum Gasteiger partial charge on any atom is -0.508 e. The molecule has 0 bridgehead atoms. The Morgan fingerprint density at radius 2 is 2.38 bits per heavy atom. The molecule has 0 spiro atoms. The van der Waals surface area contributed by atoms with E-state index < -0.39 is 0 Å². The van der Waals surface area contributed by atoms with Crippen molar-refractivity contribution in [1.82, 2.24) is 5.32 Å². The molecule has 4 N–H and O–H groups in total. The molecule has 1 aromatic rings. The third-order valence-corrected chi connectivity index (χ3v) is 3.01. The normalized spacial score (nSPS) is 18.4. The van der Waals surface area contributed by atoms with Crippen LogP contribution in [0.5, 0.6) is 5.75 Å². The van der Waals surface area contributed by atoms with E-state index in [4.69, 9.17) is 5.73 Å². The number of carbonyl (C=O) groups is 1. The van der Waals surface area contributed by atoms with Crippen molar-refractivity contribution >= 4 is 5.91 Å². The van der Waals surface area contributed by atoms with Gasteiger partial charge in [-0.05, 0) is 30.0 Å². The van der Waals surface area contributed by atoms with Gasteiger partial charge in [0.05, 0.1) is 0 Å². The van der Waals surface area contributed by atoms with Gasteiger partial charge < -0.3 is 16.2 Å². The molecule has 0 aliphatic heterocycles. The quantitative estimate of drug-likeness (QED) is 0.704. The van der Waals surface area contributed by atoms with Crippen LogP contribution in [0.1, 0.15) is 30.0 Å². The Kier molecular flexibility index (Phi) is 3.10. The number of nitrogens with one attached hydrogen (secondary N) is 1. The van der Waals surface area contributed by atoms with Gasteiger partial charge in [-0.25, -0.2) is 0 Å². The first-order chi connectivity index (χ1) is 7.68. The number of phenolic OH excluding ortho intramolecular Hbond substituents is 1. The molecule has 4 nitrogen and oxygen atoms in total. The molecule has 1 unspecified atom stereocenters. The van der Waals surface area contributed by atoms with Crippen LogP contribution in [0.4, 0.5) is 0 Å². The lowest BCUT2D eigenvalue weighted by molar-refractivity contribution is -0.117. The van der Waals surface area contributed by atoms with Gasteiger partial charge in [-0.15, -0.1) is 0 Å². The molecule has 16 heavy (non-hydrogen) atoms. The van der Waals surface area contributed by atoms with Gasteiger partial charge >= 0.3 is 0 Å². The summed E-state index contributed by atoms with van der Waals surface area (Å²) < 4.78 is 0. The van der Waals surface area contributed by atoms with Crippen LogP contribution in [0.15, 0.2) is 18.2 Å². The van der Waals surface area contributed by atoms with Crippen molar-refractivity contribution in [2.24, 2.45) is 5.73 Å². The zero-order valence-electron chi connectivity index (χ0n) is 9.07. The Hall–Kier alpha value is -1.55. The summed E-state index contributed by atoms with van der Waals surface area (Å²) in [4.78, 5) is 10.6. The smallest absolute Gasteiger partial charge is 0.218 e. The molecule has 0 fully saturated rings. The van der Waals surface area contributed by atoms with E-state index in [1.54, 1.807) is 6.07 Å². The van der Waals surface area contributed by atoms with E-state index in [9.17, 15) is 9.90 Å². The molecule has 2 rings (SSSR count). The number of fused-ring (bicyclic) bond motifs is 1. The Balaban J connectivity index is 2.01. The average molecular weight is 220 g/mol.